The molecule has 4 heteroatoms. The van der Waals surface area contributed by atoms with Crippen molar-refractivity contribution in [2.45, 2.75) is 0 Å². The van der Waals surface area contributed by atoms with Crippen molar-refractivity contribution in [3.63, 3.8) is 0 Å². The Morgan fingerprint density at radius 2 is 2.29 bits per heavy atom. The normalized spacial score (nSPS) is 10.1. The number of hydrogen-bond acceptors (Lipinski definition) is 3. The number of carbonyl (C=O) groups is 1. The lowest BCUT2D eigenvalue weighted by molar-refractivity contribution is 0.111. The van der Waals surface area contributed by atoms with Crippen molar-refractivity contribution in [3.8, 4) is 10.6 Å². The summed E-state index contributed by atoms with van der Waals surface area (Å²) < 4.78 is 1.01. The molecule has 0 N–H and O–H groups in total. The molecule has 0 aliphatic carbocycles. The second-order valence-electron chi connectivity index (χ2n) is 2.71. The number of thiazole rings is 1. The molecule has 2 nitrogen and oxygen atoms in total. The molecule has 1 heterocycles. The van der Waals surface area contributed by atoms with Gasteiger partial charge in [0.05, 0.1) is 0 Å². The zero-order valence-electron chi connectivity index (χ0n) is 7.11. The summed E-state index contributed by atoms with van der Waals surface area (Å²) >= 11 is 4.86. The molecule has 0 spiro atoms. The topological polar surface area (TPSA) is 30.0 Å². The van der Waals surface area contributed by atoms with Gasteiger partial charge < -0.3 is 0 Å². The summed E-state index contributed by atoms with van der Waals surface area (Å²) in [4.78, 5) is 14.6. The van der Waals surface area contributed by atoms with Gasteiger partial charge in [-0.1, -0.05) is 28.1 Å². The number of aromatic nitrogens is 1. The summed E-state index contributed by atoms with van der Waals surface area (Å²) in [5, 5.41) is 2.62. The Hall–Kier alpha value is -1.00. The Bertz CT molecular complexity index is 467. The number of hydrogen-bond donors (Lipinski definition) is 0. The van der Waals surface area contributed by atoms with Crippen LogP contribution in [0.15, 0.2) is 34.1 Å². The Morgan fingerprint density at radius 1 is 1.43 bits per heavy atom. The molecule has 0 aliphatic rings. The van der Waals surface area contributed by atoms with Gasteiger partial charge in [0, 0.05) is 15.4 Å². The molecule has 14 heavy (non-hydrogen) atoms. The first-order valence-corrected chi connectivity index (χ1v) is 5.63. The zero-order chi connectivity index (χ0) is 9.97. The maximum absolute atomic E-state index is 10.5. The van der Waals surface area contributed by atoms with Gasteiger partial charge in [-0.3, -0.25) is 4.79 Å². The van der Waals surface area contributed by atoms with Crippen molar-refractivity contribution in [3.05, 3.63) is 39.8 Å². The summed E-state index contributed by atoms with van der Waals surface area (Å²) in [6.07, 6.45) is 0.762. The van der Waals surface area contributed by atoms with E-state index in [0.717, 1.165) is 21.3 Å². The lowest BCUT2D eigenvalue weighted by Crippen LogP contribution is -1.79. The predicted octanol–water partition coefficient (Wildman–Crippen LogP) is 3.39. The summed E-state index contributed by atoms with van der Waals surface area (Å²) in [6, 6.07) is 7.85. The van der Waals surface area contributed by atoms with Crippen LogP contribution in [0.2, 0.25) is 0 Å². The van der Waals surface area contributed by atoms with E-state index in [9.17, 15) is 4.79 Å². The molecule has 2 aromatic rings. The van der Waals surface area contributed by atoms with Gasteiger partial charge in [-0.15, -0.1) is 11.3 Å². The molecule has 0 saturated carbocycles. The third kappa shape index (κ3) is 1.91. The van der Waals surface area contributed by atoms with E-state index in [1.807, 2.05) is 24.3 Å². The van der Waals surface area contributed by atoms with Crippen LogP contribution in [0.1, 0.15) is 10.5 Å². The van der Waals surface area contributed by atoms with Crippen LogP contribution in [0.4, 0.5) is 0 Å². The Kier molecular flexibility index (Phi) is 2.74. The molecule has 1 aromatic heterocycles. The van der Waals surface area contributed by atoms with Crippen molar-refractivity contribution >= 4 is 33.6 Å². The van der Waals surface area contributed by atoms with Gasteiger partial charge in [0.25, 0.3) is 0 Å². The number of halogens is 1. The lowest BCUT2D eigenvalue weighted by Gasteiger charge is -1.95. The molecular weight excluding hydrogens is 262 g/mol. The quantitative estimate of drug-likeness (QED) is 0.781. The third-order valence-electron chi connectivity index (χ3n) is 1.71. The standard InChI is InChI=1S/C10H6BrNOS/c11-8-3-1-2-7(4-8)10-12-9(5-13)6-14-10/h1-6H. The van der Waals surface area contributed by atoms with Gasteiger partial charge in [0.1, 0.15) is 10.7 Å². The minimum Gasteiger partial charge on any atom is -0.296 e. The third-order valence-corrected chi connectivity index (χ3v) is 3.12. The molecule has 2 rings (SSSR count). The van der Waals surface area contributed by atoms with E-state index in [0.29, 0.717) is 5.69 Å². The first kappa shape index (κ1) is 9.55. The fourth-order valence-corrected chi connectivity index (χ4v) is 2.26. The molecule has 0 saturated heterocycles. The first-order valence-electron chi connectivity index (χ1n) is 3.96. The van der Waals surface area contributed by atoms with E-state index in [-0.39, 0.29) is 0 Å². The van der Waals surface area contributed by atoms with Crippen LogP contribution in [0.5, 0.6) is 0 Å². The van der Waals surface area contributed by atoms with Gasteiger partial charge in [-0.25, -0.2) is 4.98 Å². The van der Waals surface area contributed by atoms with Gasteiger partial charge in [0.15, 0.2) is 6.29 Å². The van der Waals surface area contributed by atoms with Crippen LogP contribution in [0, 0.1) is 0 Å². The second kappa shape index (κ2) is 4.02. The van der Waals surface area contributed by atoms with E-state index in [1.54, 1.807) is 5.38 Å². The fraction of sp³-hybridized carbons (Fsp3) is 0. The van der Waals surface area contributed by atoms with Crippen LogP contribution in [-0.4, -0.2) is 11.3 Å². The smallest absolute Gasteiger partial charge is 0.169 e. The molecule has 0 fully saturated rings. The van der Waals surface area contributed by atoms with E-state index in [4.69, 9.17) is 0 Å². The molecule has 0 bridgehead atoms. The molecule has 0 unspecified atom stereocenters. The number of aldehydes is 1. The average Bonchev–Trinajstić information content (AvgIpc) is 2.66. The number of rotatable bonds is 2. The molecule has 0 aliphatic heterocycles. The minimum absolute atomic E-state index is 0.491. The SMILES string of the molecule is O=Cc1csc(-c2cccc(Br)c2)n1. The Morgan fingerprint density at radius 3 is 2.93 bits per heavy atom. The van der Waals surface area contributed by atoms with Gasteiger partial charge >= 0.3 is 0 Å². The Balaban J connectivity index is 2.43. The van der Waals surface area contributed by atoms with E-state index < -0.39 is 0 Å². The fourth-order valence-electron chi connectivity index (χ4n) is 1.09. The molecule has 0 radical (unpaired) electrons. The average molecular weight is 268 g/mol. The van der Waals surface area contributed by atoms with Gasteiger partial charge in [-0.05, 0) is 12.1 Å². The highest BCUT2D eigenvalue weighted by atomic mass is 79.9. The summed E-state index contributed by atoms with van der Waals surface area (Å²) in [5.41, 5.74) is 1.52. The van der Waals surface area contributed by atoms with E-state index in [2.05, 4.69) is 20.9 Å². The number of benzene rings is 1. The largest absolute Gasteiger partial charge is 0.296 e. The monoisotopic (exact) mass is 267 g/mol. The molecule has 1 aromatic carbocycles. The maximum atomic E-state index is 10.5. The molecule has 0 atom stereocenters. The molecular formula is C10H6BrNOS. The van der Waals surface area contributed by atoms with E-state index in [1.165, 1.54) is 11.3 Å². The summed E-state index contributed by atoms with van der Waals surface area (Å²) in [6.45, 7) is 0. The van der Waals surface area contributed by atoms with Gasteiger partial charge in [0.2, 0.25) is 0 Å². The van der Waals surface area contributed by atoms with Crippen LogP contribution in [-0.2, 0) is 0 Å². The maximum Gasteiger partial charge on any atom is 0.169 e. The predicted molar refractivity (Wildman–Crippen MR) is 60.6 cm³/mol. The molecule has 70 valence electrons. The summed E-state index contributed by atoms with van der Waals surface area (Å²) in [7, 11) is 0. The minimum atomic E-state index is 0.491. The second-order valence-corrected chi connectivity index (χ2v) is 4.48. The van der Waals surface area contributed by atoms with Gasteiger partial charge in [-0.2, -0.15) is 0 Å². The highest BCUT2D eigenvalue weighted by molar-refractivity contribution is 9.10. The zero-order valence-corrected chi connectivity index (χ0v) is 9.51. The highest BCUT2D eigenvalue weighted by Crippen LogP contribution is 2.25. The van der Waals surface area contributed by atoms with Crippen molar-refractivity contribution in [1.82, 2.24) is 4.98 Å². The first-order chi connectivity index (χ1) is 6.79. The van der Waals surface area contributed by atoms with Crippen molar-refractivity contribution in [2.75, 3.05) is 0 Å². The summed E-state index contributed by atoms with van der Waals surface area (Å²) in [5.74, 6) is 0. The van der Waals surface area contributed by atoms with Crippen LogP contribution < -0.4 is 0 Å². The van der Waals surface area contributed by atoms with Crippen LogP contribution in [0.3, 0.4) is 0 Å². The van der Waals surface area contributed by atoms with Crippen molar-refractivity contribution in [1.29, 1.82) is 0 Å². The van der Waals surface area contributed by atoms with Crippen LogP contribution in [0.25, 0.3) is 10.6 Å². The van der Waals surface area contributed by atoms with Crippen molar-refractivity contribution < 1.29 is 4.79 Å². The van der Waals surface area contributed by atoms with E-state index >= 15 is 0 Å². The lowest BCUT2D eigenvalue weighted by atomic mass is 10.2. The Labute approximate surface area is 93.7 Å². The van der Waals surface area contributed by atoms with Crippen molar-refractivity contribution in [2.24, 2.45) is 0 Å². The molecule has 0 amide bonds. The number of nitrogens with zero attached hydrogens (tertiary/aromatic N) is 1. The number of carbonyl (C=O) groups excluding carboxylic acids is 1. The van der Waals surface area contributed by atoms with Crippen LogP contribution >= 0.6 is 27.3 Å². The highest BCUT2D eigenvalue weighted by Gasteiger charge is 2.03.